The molecule has 0 radical (unpaired) electrons. The van der Waals surface area contributed by atoms with Crippen molar-refractivity contribution < 1.29 is 46.4 Å². The first-order valence-electron chi connectivity index (χ1n) is 20.3. The highest BCUT2D eigenvalue weighted by Gasteiger charge is 2.19. The van der Waals surface area contributed by atoms with Crippen LogP contribution < -0.4 is 10.6 Å². The number of unbranched alkanes of at least 4 members (excludes halogenated alkanes) is 8. The summed E-state index contributed by atoms with van der Waals surface area (Å²) >= 11 is 3.47. The molecule has 2 rings (SSSR count). The number of amides is 2. The zero-order valence-corrected chi connectivity index (χ0v) is 39.5. The van der Waals surface area contributed by atoms with Crippen LogP contribution in [0.5, 0.6) is 0 Å². The Balaban J connectivity index is 0.000000974. The normalized spacial score (nSPS) is 10.9. The number of halogens is 1. The second-order valence-electron chi connectivity index (χ2n) is 13.4. The van der Waals surface area contributed by atoms with E-state index in [1.54, 1.807) is 21.3 Å². The van der Waals surface area contributed by atoms with Gasteiger partial charge in [0.25, 0.3) is 11.8 Å². The Morgan fingerprint density at radius 2 is 0.862 bits per heavy atom. The minimum Gasteiger partial charge on any atom is -0.353 e. The van der Waals surface area contributed by atoms with Crippen molar-refractivity contribution in [2.45, 2.75) is 116 Å². The molecule has 0 aromatic heterocycles. The van der Waals surface area contributed by atoms with Crippen LogP contribution >= 0.6 is 32.1 Å². The number of Topliss-reactive ketones (excluding diaryl/α,β-unsaturated/α-hetero) is 2. The third-order valence-corrected chi connectivity index (χ3v) is 12.8. The smallest absolute Gasteiger partial charge is 0.331 e. The number of alkyl halides is 1. The third kappa shape index (κ3) is 26.7. The molecule has 0 aliphatic rings. The average molecular weight is 918 g/mol. The quantitative estimate of drug-likeness (QED) is 0.0335. The van der Waals surface area contributed by atoms with Gasteiger partial charge in [-0.1, -0.05) is 90.1 Å². The molecule has 58 heavy (non-hydrogen) atoms. The molecular formula is C43H71BrN2O10P2. The second-order valence-corrected chi connectivity index (χ2v) is 18.2. The van der Waals surface area contributed by atoms with E-state index in [4.69, 9.17) is 9.05 Å². The van der Waals surface area contributed by atoms with E-state index in [-0.39, 0.29) is 11.6 Å². The summed E-state index contributed by atoms with van der Waals surface area (Å²) in [7, 11) is 6.51. The Bertz CT molecular complexity index is 1450. The first-order chi connectivity index (χ1) is 28.0. The van der Waals surface area contributed by atoms with Crippen molar-refractivity contribution in [1.82, 2.24) is 10.6 Å². The number of carbonyl (C=O) groups is 4. The summed E-state index contributed by atoms with van der Waals surface area (Å²) in [5, 5.41) is 5.84. The predicted octanol–water partition coefficient (Wildman–Crippen LogP) is 9.67. The van der Waals surface area contributed by atoms with Crippen LogP contribution in [0.2, 0.25) is 0 Å². The standard InChI is InChI=1S/C21H34NO5P.C19H28BrNO2.C3H9O3P/c1-22-21(24)20(23)16-10-9-15-19-14-8-7-13-18(19)12-6-4-5-11-17-28(25,26-2)27-3;1-21-19(23)18(22)14-8-7-13-17-12-6-5-11-16(17)10-4-2-3-9-15-20;1-4-7(5-2)6-3/h7-8,13-14H,4-6,9-12,15-17H2,1-3H3,(H,22,24);5-6,11-12H,2-4,7-10,13-15H2,1H3,(H,21,23);1-3H3. The Hall–Kier alpha value is -2.34. The molecule has 0 bridgehead atoms. The number of hydrogen-bond donors (Lipinski definition) is 2. The minimum atomic E-state index is -2.88. The highest BCUT2D eigenvalue weighted by atomic mass is 79.9. The molecule has 330 valence electrons. The van der Waals surface area contributed by atoms with Crippen LogP contribution in [0.4, 0.5) is 0 Å². The van der Waals surface area contributed by atoms with E-state index in [1.807, 2.05) is 6.07 Å². The van der Waals surface area contributed by atoms with Gasteiger partial charge in [0.1, 0.15) is 0 Å². The van der Waals surface area contributed by atoms with E-state index in [0.29, 0.717) is 19.0 Å². The van der Waals surface area contributed by atoms with Gasteiger partial charge in [0.2, 0.25) is 11.6 Å². The predicted molar refractivity (Wildman–Crippen MR) is 239 cm³/mol. The van der Waals surface area contributed by atoms with Crippen molar-refractivity contribution in [2.75, 3.05) is 61.1 Å². The summed E-state index contributed by atoms with van der Waals surface area (Å²) < 4.78 is 35.9. The Kier molecular flexibility index (Phi) is 35.0. The Morgan fingerprint density at radius 3 is 1.16 bits per heavy atom. The average Bonchev–Trinajstić information content (AvgIpc) is 3.26. The van der Waals surface area contributed by atoms with E-state index in [1.165, 1.54) is 76.3 Å². The lowest BCUT2D eigenvalue weighted by Crippen LogP contribution is -2.27. The highest BCUT2D eigenvalue weighted by molar-refractivity contribution is 9.09. The van der Waals surface area contributed by atoms with Gasteiger partial charge in [-0.2, -0.15) is 0 Å². The van der Waals surface area contributed by atoms with E-state index in [9.17, 15) is 23.7 Å². The van der Waals surface area contributed by atoms with Crippen LogP contribution in [0.3, 0.4) is 0 Å². The molecule has 0 heterocycles. The zero-order chi connectivity index (χ0) is 43.4. The number of likely N-dealkylation sites (N-methyl/N-ethyl adjacent to an activating group) is 2. The van der Waals surface area contributed by atoms with Crippen LogP contribution in [0.15, 0.2) is 48.5 Å². The molecule has 0 spiro atoms. The van der Waals surface area contributed by atoms with Crippen molar-refractivity contribution in [1.29, 1.82) is 0 Å². The van der Waals surface area contributed by atoms with Gasteiger partial charge in [-0.15, -0.1) is 0 Å². The number of hydrogen-bond acceptors (Lipinski definition) is 10. The number of rotatable bonds is 30. The summed E-state index contributed by atoms with van der Waals surface area (Å²) in [6.45, 7) is 0. The number of benzene rings is 2. The van der Waals surface area contributed by atoms with Crippen LogP contribution in [-0.2, 0) is 72.0 Å². The summed E-state index contributed by atoms with van der Waals surface area (Å²) in [5.41, 5.74) is 5.49. The fraction of sp³-hybridized carbons (Fsp3) is 0.628. The van der Waals surface area contributed by atoms with Gasteiger partial charge in [0.05, 0.1) is 6.16 Å². The molecule has 12 nitrogen and oxygen atoms in total. The molecule has 0 aliphatic carbocycles. The lowest BCUT2D eigenvalue weighted by atomic mass is 9.96. The molecule has 0 unspecified atom stereocenters. The van der Waals surface area contributed by atoms with Crippen LogP contribution in [0, 0.1) is 0 Å². The molecular weight excluding hydrogens is 846 g/mol. The van der Waals surface area contributed by atoms with Gasteiger partial charge in [0.15, 0.2) is 0 Å². The summed E-state index contributed by atoms with van der Waals surface area (Å²) in [6.07, 6.45) is 17.5. The fourth-order valence-electron chi connectivity index (χ4n) is 6.02. The maximum Gasteiger partial charge on any atom is 0.331 e. The van der Waals surface area contributed by atoms with E-state index < -0.39 is 28.0 Å². The minimum absolute atomic E-state index is 0.300. The zero-order valence-electron chi connectivity index (χ0n) is 36.1. The van der Waals surface area contributed by atoms with E-state index >= 15 is 0 Å². The Labute approximate surface area is 358 Å². The fourth-order valence-corrected chi connectivity index (χ4v) is 7.99. The van der Waals surface area contributed by atoms with Crippen molar-refractivity contribution in [3.8, 4) is 0 Å². The number of aryl methyl sites for hydroxylation is 4. The number of nitrogens with one attached hydrogen (secondary N) is 2. The van der Waals surface area contributed by atoms with Crippen molar-refractivity contribution in [3.05, 3.63) is 70.8 Å². The van der Waals surface area contributed by atoms with Crippen molar-refractivity contribution in [2.24, 2.45) is 0 Å². The lowest BCUT2D eigenvalue weighted by molar-refractivity contribution is -0.137. The number of ketones is 2. The molecule has 2 amide bonds. The molecule has 0 saturated heterocycles. The molecule has 0 saturated carbocycles. The molecule has 0 fully saturated rings. The topological polar surface area (TPSA) is 156 Å². The first kappa shape index (κ1) is 55.7. The van der Waals surface area contributed by atoms with Gasteiger partial charge in [-0.3, -0.25) is 23.7 Å². The third-order valence-electron chi connectivity index (χ3n) is 9.36. The van der Waals surface area contributed by atoms with Gasteiger partial charge in [0, 0.05) is 67.8 Å². The summed E-state index contributed by atoms with van der Waals surface area (Å²) in [6, 6.07) is 17.0. The monoisotopic (exact) mass is 916 g/mol. The summed E-state index contributed by atoms with van der Waals surface area (Å²) in [4.78, 5) is 45.4. The van der Waals surface area contributed by atoms with Gasteiger partial charge in [-0.05, 0) is 99.3 Å². The van der Waals surface area contributed by atoms with Gasteiger partial charge < -0.3 is 33.3 Å². The van der Waals surface area contributed by atoms with E-state index in [0.717, 1.165) is 82.4 Å². The van der Waals surface area contributed by atoms with Crippen LogP contribution in [0.25, 0.3) is 0 Å². The molecule has 2 aromatic rings. The number of carbonyl (C=O) groups excluding carboxylic acids is 4. The molecule has 15 heteroatoms. The lowest BCUT2D eigenvalue weighted by Gasteiger charge is -2.13. The first-order valence-corrected chi connectivity index (χ1v) is 24.3. The molecule has 2 aromatic carbocycles. The molecule has 0 aliphatic heterocycles. The highest BCUT2D eigenvalue weighted by Crippen LogP contribution is 2.47. The van der Waals surface area contributed by atoms with Crippen molar-refractivity contribution >= 4 is 55.5 Å². The van der Waals surface area contributed by atoms with Crippen LogP contribution in [0.1, 0.15) is 112 Å². The van der Waals surface area contributed by atoms with Crippen LogP contribution in [-0.4, -0.2) is 84.5 Å². The largest absolute Gasteiger partial charge is 0.353 e. The SMILES string of the molecule is CNC(=O)C(=O)CCCCc1ccccc1CCCCCCBr.CNC(=O)C(=O)CCCCc1ccccc1CCCCCCP(=O)(OC)OC.COP(OC)OC. The van der Waals surface area contributed by atoms with Gasteiger partial charge >= 0.3 is 16.2 Å². The Morgan fingerprint density at radius 1 is 0.534 bits per heavy atom. The van der Waals surface area contributed by atoms with Crippen molar-refractivity contribution in [3.63, 3.8) is 0 Å². The van der Waals surface area contributed by atoms with E-state index in [2.05, 4.69) is 82.6 Å². The molecule has 2 N–H and O–H groups in total. The second kappa shape index (κ2) is 36.5. The van der Waals surface area contributed by atoms with Gasteiger partial charge in [-0.25, -0.2) is 0 Å². The maximum absolute atomic E-state index is 12.0. The molecule has 0 atom stereocenters. The summed E-state index contributed by atoms with van der Waals surface area (Å²) in [5.74, 6) is -1.64. The maximum atomic E-state index is 12.0.